The van der Waals surface area contributed by atoms with E-state index in [1.807, 2.05) is 0 Å². The van der Waals surface area contributed by atoms with E-state index in [1.165, 1.54) is 19.3 Å². The summed E-state index contributed by atoms with van der Waals surface area (Å²) >= 11 is 0. The lowest BCUT2D eigenvalue weighted by Crippen LogP contribution is -2.60. The zero-order valence-corrected chi connectivity index (χ0v) is 14.6. The van der Waals surface area contributed by atoms with Crippen molar-refractivity contribution in [1.29, 1.82) is 0 Å². The van der Waals surface area contributed by atoms with Crippen molar-refractivity contribution < 1.29 is 4.79 Å². The van der Waals surface area contributed by atoms with E-state index in [-0.39, 0.29) is 17.5 Å². The van der Waals surface area contributed by atoms with Crippen LogP contribution in [-0.4, -0.2) is 24.0 Å². The van der Waals surface area contributed by atoms with Crippen molar-refractivity contribution in [3.8, 4) is 0 Å². The Morgan fingerprint density at radius 1 is 1.12 bits per heavy atom. The molecule has 4 aliphatic carbocycles. The average Bonchev–Trinajstić information content (AvgIpc) is 3.02. The fraction of sp³-hybridized carbons (Fsp3) is 0.667. The van der Waals surface area contributed by atoms with Crippen molar-refractivity contribution in [2.45, 2.75) is 75.3 Å². The Balaban J connectivity index is 1.50. The Hall–Kier alpha value is -1.35. The third-order valence-corrected chi connectivity index (χ3v) is 7.16. The van der Waals surface area contributed by atoms with E-state index in [0.717, 1.165) is 32.2 Å². The Morgan fingerprint density at radius 3 is 2.38 bits per heavy atom. The minimum Gasteiger partial charge on any atom is -0.349 e. The third-order valence-electron chi connectivity index (χ3n) is 7.16. The molecule has 1 aliphatic heterocycles. The highest BCUT2D eigenvalue weighted by Gasteiger charge is 2.55. The minimum absolute atomic E-state index is 0.0148. The highest BCUT2D eigenvalue weighted by Crippen LogP contribution is 2.62. The summed E-state index contributed by atoms with van der Waals surface area (Å²) in [6.45, 7) is 3.45. The number of hydrogen-bond donors (Lipinski definition) is 2. The van der Waals surface area contributed by atoms with Crippen molar-refractivity contribution in [2.75, 3.05) is 6.54 Å². The van der Waals surface area contributed by atoms with Crippen LogP contribution >= 0.6 is 0 Å². The van der Waals surface area contributed by atoms with Crippen LogP contribution in [0.1, 0.15) is 74.8 Å². The SMILES string of the molecule is CC12CC3CC(NC(=O)[C@H]4CCCN4)(CC(C1)c1ccccc13)C2. The molecule has 3 atom stereocenters. The Morgan fingerprint density at radius 2 is 1.79 bits per heavy atom. The van der Waals surface area contributed by atoms with Gasteiger partial charge in [-0.15, -0.1) is 0 Å². The van der Waals surface area contributed by atoms with Crippen LogP contribution in [0.2, 0.25) is 0 Å². The number of nitrogens with one attached hydrogen (secondary N) is 2. The van der Waals surface area contributed by atoms with E-state index in [9.17, 15) is 4.79 Å². The highest BCUT2D eigenvalue weighted by molar-refractivity contribution is 5.83. The standard InChI is InChI=1S/C21H28N2O/c1-20-9-14-11-21(13-20,23-19(24)18-7-4-8-22-18)12-15(10-20)17-6-3-2-5-16(14)17/h2-3,5-6,14-15,18,22H,4,7-13H2,1H3,(H,23,24)/t14?,15?,18-,20?,21?/m1/s1. The van der Waals surface area contributed by atoms with Crippen LogP contribution in [0.4, 0.5) is 0 Å². The topological polar surface area (TPSA) is 41.1 Å². The van der Waals surface area contributed by atoms with Gasteiger partial charge in [0.1, 0.15) is 0 Å². The molecule has 2 saturated carbocycles. The Bertz CT molecular complexity index is 641. The summed E-state index contributed by atoms with van der Waals surface area (Å²) in [5.41, 5.74) is 3.53. The molecule has 1 amide bonds. The van der Waals surface area contributed by atoms with E-state index < -0.39 is 0 Å². The minimum atomic E-state index is 0.0148. The molecule has 5 aliphatic rings. The molecule has 128 valence electrons. The van der Waals surface area contributed by atoms with E-state index >= 15 is 0 Å². The summed E-state index contributed by atoms with van der Waals surface area (Å²) in [5, 5.41) is 6.93. The molecule has 3 nitrogen and oxygen atoms in total. The second-order valence-corrected chi connectivity index (χ2v) is 9.25. The van der Waals surface area contributed by atoms with Crippen LogP contribution in [0, 0.1) is 5.41 Å². The third kappa shape index (κ3) is 2.24. The summed E-state index contributed by atoms with van der Waals surface area (Å²) in [5.74, 6) is 1.48. The van der Waals surface area contributed by atoms with Gasteiger partial charge >= 0.3 is 0 Å². The number of amides is 1. The largest absolute Gasteiger partial charge is 0.349 e. The van der Waals surface area contributed by atoms with Crippen LogP contribution in [0.5, 0.6) is 0 Å². The smallest absolute Gasteiger partial charge is 0.237 e. The molecule has 2 unspecified atom stereocenters. The molecule has 1 heterocycles. The lowest BCUT2D eigenvalue weighted by Gasteiger charge is -2.54. The zero-order chi connectivity index (χ0) is 16.4. The van der Waals surface area contributed by atoms with Crippen LogP contribution in [0.25, 0.3) is 0 Å². The monoisotopic (exact) mass is 324 g/mol. The normalized spacial score (nSPS) is 42.6. The van der Waals surface area contributed by atoms with Crippen molar-refractivity contribution in [1.82, 2.24) is 10.6 Å². The first kappa shape index (κ1) is 14.9. The number of hydrogen-bond acceptors (Lipinski definition) is 2. The number of benzene rings is 1. The summed E-state index contributed by atoms with van der Waals surface area (Å²) in [6.07, 6.45) is 8.13. The van der Waals surface area contributed by atoms with E-state index in [1.54, 1.807) is 11.1 Å². The predicted octanol–water partition coefficient (Wildman–Crippen LogP) is 3.46. The number of carbonyl (C=O) groups excluding carboxylic acids is 1. The van der Waals surface area contributed by atoms with Gasteiger partial charge in [0.2, 0.25) is 5.91 Å². The first-order valence-corrected chi connectivity index (χ1v) is 9.70. The predicted molar refractivity (Wildman–Crippen MR) is 95.0 cm³/mol. The van der Waals surface area contributed by atoms with Gasteiger partial charge in [0.25, 0.3) is 0 Å². The van der Waals surface area contributed by atoms with Gasteiger partial charge in [0, 0.05) is 5.54 Å². The zero-order valence-electron chi connectivity index (χ0n) is 14.6. The number of rotatable bonds is 2. The molecule has 0 spiro atoms. The summed E-state index contributed by atoms with van der Waals surface area (Å²) in [4.78, 5) is 12.8. The van der Waals surface area contributed by atoms with Gasteiger partial charge in [0.15, 0.2) is 0 Å². The molecule has 6 rings (SSSR count). The molecular formula is C21H28N2O. The van der Waals surface area contributed by atoms with Crippen LogP contribution in [-0.2, 0) is 4.79 Å². The maximum Gasteiger partial charge on any atom is 0.237 e. The molecule has 1 saturated heterocycles. The maximum atomic E-state index is 12.8. The van der Waals surface area contributed by atoms with E-state index in [4.69, 9.17) is 0 Å². The van der Waals surface area contributed by atoms with Crippen molar-refractivity contribution >= 4 is 5.91 Å². The van der Waals surface area contributed by atoms with Gasteiger partial charge in [0.05, 0.1) is 6.04 Å². The molecule has 2 N–H and O–H groups in total. The van der Waals surface area contributed by atoms with Crippen LogP contribution in [0.3, 0.4) is 0 Å². The van der Waals surface area contributed by atoms with Crippen LogP contribution < -0.4 is 10.6 Å². The Kier molecular flexibility index (Phi) is 3.16. The maximum absolute atomic E-state index is 12.8. The highest BCUT2D eigenvalue weighted by atomic mass is 16.2. The van der Waals surface area contributed by atoms with Gasteiger partial charge in [-0.1, -0.05) is 31.2 Å². The van der Waals surface area contributed by atoms with Crippen LogP contribution in [0.15, 0.2) is 24.3 Å². The first-order valence-electron chi connectivity index (χ1n) is 9.70. The molecule has 1 aromatic carbocycles. The summed E-state index contributed by atoms with van der Waals surface area (Å²) < 4.78 is 0. The molecule has 1 aromatic rings. The van der Waals surface area contributed by atoms with Gasteiger partial charge in [-0.25, -0.2) is 0 Å². The van der Waals surface area contributed by atoms with Gasteiger partial charge < -0.3 is 10.6 Å². The molecule has 4 bridgehead atoms. The molecule has 24 heavy (non-hydrogen) atoms. The summed E-state index contributed by atoms with van der Waals surface area (Å²) in [7, 11) is 0. The number of carbonyl (C=O) groups is 1. The fourth-order valence-corrected chi connectivity index (χ4v) is 6.65. The second-order valence-electron chi connectivity index (χ2n) is 9.25. The first-order chi connectivity index (χ1) is 11.6. The second kappa shape index (κ2) is 5.08. The summed E-state index contributed by atoms with van der Waals surface area (Å²) in [6, 6.07) is 9.12. The molecule has 0 aromatic heterocycles. The lowest BCUT2D eigenvalue weighted by molar-refractivity contribution is -0.127. The molecule has 3 fully saturated rings. The van der Waals surface area contributed by atoms with Gasteiger partial charge in [-0.05, 0) is 79.9 Å². The van der Waals surface area contributed by atoms with Crippen molar-refractivity contribution in [3.63, 3.8) is 0 Å². The van der Waals surface area contributed by atoms with E-state index in [0.29, 0.717) is 17.3 Å². The Labute approximate surface area is 144 Å². The molecule has 3 heteroatoms. The fourth-order valence-electron chi connectivity index (χ4n) is 6.65. The average molecular weight is 324 g/mol. The van der Waals surface area contributed by atoms with E-state index in [2.05, 4.69) is 41.8 Å². The molecule has 0 radical (unpaired) electrons. The van der Waals surface area contributed by atoms with Gasteiger partial charge in [-0.2, -0.15) is 0 Å². The quantitative estimate of drug-likeness (QED) is 0.875. The lowest BCUT2D eigenvalue weighted by atomic mass is 9.55. The van der Waals surface area contributed by atoms with Crippen molar-refractivity contribution in [2.24, 2.45) is 5.41 Å². The molecular weight excluding hydrogens is 296 g/mol. The van der Waals surface area contributed by atoms with Gasteiger partial charge in [-0.3, -0.25) is 4.79 Å². The van der Waals surface area contributed by atoms with Crippen molar-refractivity contribution in [3.05, 3.63) is 35.4 Å².